The highest BCUT2D eigenvalue weighted by Gasteiger charge is 2.24. The highest BCUT2D eigenvalue weighted by Crippen LogP contribution is 2.21. The number of H-pyrrole nitrogens is 1. The number of carbonyl (C=O) groups excluding carboxylic acids is 1. The Morgan fingerprint density at radius 1 is 1.11 bits per heavy atom. The second-order valence-electron chi connectivity index (χ2n) is 6.60. The molecule has 1 aliphatic rings. The molecule has 1 aliphatic heterocycles. The molecule has 0 aliphatic carbocycles. The zero-order valence-electron chi connectivity index (χ0n) is 15.4. The maximum absolute atomic E-state index is 12.8. The summed E-state index contributed by atoms with van der Waals surface area (Å²) in [6, 6.07) is 12.4. The van der Waals surface area contributed by atoms with Crippen LogP contribution in [0.15, 0.2) is 53.6 Å². The number of aromatic nitrogens is 2. The molecule has 0 atom stereocenters. The van der Waals surface area contributed by atoms with E-state index >= 15 is 0 Å². The van der Waals surface area contributed by atoms with Crippen molar-refractivity contribution in [3.63, 3.8) is 0 Å². The predicted octanol–water partition coefficient (Wildman–Crippen LogP) is 1.43. The second kappa shape index (κ2) is 7.25. The molecular formula is C19H21N5O3S. The number of amides is 1. The molecule has 0 radical (unpaired) electrons. The number of hydrogen-bond donors (Lipinski definition) is 2. The van der Waals surface area contributed by atoms with Crippen LogP contribution < -0.4 is 9.62 Å². The van der Waals surface area contributed by atoms with Crippen LogP contribution in [0.3, 0.4) is 0 Å². The number of rotatable bonds is 4. The van der Waals surface area contributed by atoms with Gasteiger partial charge in [-0.1, -0.05) is 0 Å². The molecule has 0 bridgehead atoms. The number of carbonyl (C=O) groups is 1. The molecule has 1 saturated heterocycles. The largest absolute Gasteiger partial charge is 0.368 e. The molecule has 9 heteroatoms. The summed E-state index contributed by atoms with van der Waals surface area (Å²) >= 11 is 0. The second-order valence-corrected chi connectivity index (χ2v) is 8.49. The van der Waals surface area contributed by atoms with Crippen LogP contribution >= 0.6 is 0 Å². The first-order valence-corrected chi connectivity index (χ1v) is 10.5. The van der Waals surface area contributed by atoms with Crippen LogP contribution in [0.25, 0.3) is 11.0 Å². The smallest absolute Gasteiger partial charge is 0.270 e. The molecule has 8 nitrogen and oxygen atoms in total. The molecule has 3 heterocycles. The minimum Gasteiger partial charge on any atom is -0.368 e. The molecule has 0 saturated carbocycles. The van der Waals surface area contributed by atoms with Gasteiger partial charge in [0.2, 0.25) is 10.0 Å². The van der Waals surface area contributed by atoms with Gasteiger partial charge in [-0.3, -0.25) is 4.79 Å². The normalized spacial score (nSPS) is 15.2. The number of hydrogen-bond acceptors (Lipinski definition) is 5. The third-order valence-electron chi connectivity index (χ3n) is 4.97. The molecule has 3 aromatic rings. The summed E-state index contributed by atoms with van der Waals surface area (Å²) in [7, 11) is -2.05. The van der Waals surface area contributed by atoms with Crippen LogP contribution in [0.1, 0.15) is 10.5 Å². The zero-order chi connectivity index (χ0) is 19.7. The summed E-state index contributed by atoms with van der Waals surface area (Å²) in [4.78, 5) is 24.3. The van der Waals surface area contributed by atoms with Gasteiger partial charge in [0, 0.05) is 43.4 Å². The van der Waals surface area contributed by atoms with Crippen molar-refractivity contribution >= 4 is 32.7 Å². The van der Waals surface area contributed by atoms with Crippen LogP contribution in [0.2, 0.25) is 0 Å². The number of anilines is 1. The van der Waals surface area contributed by atoms with Gasteiger partial charge < -0.3 is 14.8 Å². The van der Waals surface area contributed by atoms with Gasteiger partial charge >= 0.3 is 0 Å². The van der Waals surface area contributed by atoms with Crippen LogP contribution in [0.4, 0.5) is 5.69 Å². The highest BCUT2D eigenvalue weighted by molar-refractivity contribution is 7.89. The number of aromatic amines is 1. The first kappa shape index (κ1) is 18.5. The van der Waals surface area contributed by atoms with E-state index in [1.165, 1.54) is 7.05 Å². The number of fused-ring (bicyclic) bond motifs is 1. The van der Waals surface area contributed by atoms with Crippen molar-refractivity contribution in [2.75, 3.05) is 38.1 Å². The van der Waals surface area contributed by atoms with Crippen LogP contribution in [-0.2, 0) is 10.0 Å². The molecule has 2 aromatic heterocycles. The molecule has 2 N–H and O–H groups in total. The summed E-state index contributed by atoms with van der Waals surface area (Å²) in [6.45, 7) is 2.56. The molecule has 1 amide bonds. The van der Waals surface area contributed by atoms with Gasteiger partial charge in [0.25, 0.3) is 5.91 Å². The Morgan fingerprint density at radius 2 is 1.82 bits per heavy atom. The van der Waals surface area contributed by atoms with E-state index in [1.807, 2.05) is 23.1 Å². The number of benzene rings is 1. The molecule has 1 fully saturated rings. The molecule has 0 unspecified atom stereocenters. The van der Waals surface area contributed by atoms with Crippen molar-refractivity contribution in [1.29, 1.82) is 0 Å². The van der Waals surface area contributed by atoms with E-state index in [-0.39, 0.29) is 10.8 Å². The van der Waals surface area contributed by atoms with Crippen molar-refractivity contribution < 1.29 is 13.2 Å². The topological polar surface area (TPSA) is 98.4 Å². The van der Waals surface area contributed by atoms with Crippen molar-refractivity contribution in [2.24, 2.45) is 0 Å². The first-order chi connectivity index (χ1) is 13.5. The third-order valence-corrected chi connectivity index (χ3v) is 6.40. The molecule has 146 valence electrons. The fraction of sp³-hybridized carbons (Fsp3) is 0.263. The Kier molecular flexibility index (Phi) is 4.78. The van der Waals surface area contributed by atoms with Gasteiger partial charge in [-0.25, -0.2) is 18.1 Å². The van der Waals surface area contributed by atoms with Crippen molar-refractivity contribution in [3.05, 3.63) is 54.4 Å². The van der Waals surface area contributed by atoms with Crippen LogP contribution in [0, 0.1) is 0 Å². The monoisotopic (exact) mass is 399 g/mol. The van der Waals surface area contributed by atoms with E-state index in [4.69, 9.17) is 0 Å². The van der Waals surface area contributed by atoms with Crippen molar-refractivity contribution in [3.8, 4) is 0 Å². The lowest BCUT2D eigenvalue weighted by atomic mass is 10.2. The Hall–Kier alpha value is -2.91. The number of sulfonamides is 1. The maximum atomic E-state index is 12.8. The van der Waals surface area contributed by atoms with Crippen molar-refractivity contribution in [2.45, 2.75) is 4.90 Å². The first-order valence-electron chi connectivity index (χ1n) is 8.99. The maximum Gasteiger partial charge on any atom is 0.270 e. The average molecular weight is 399 g/mol. The van der Waals surface area contributed by atoms with Gasteiger partial charge in [0.15, 0.2) is 0 Å². The summed E-state index contributed by atoms with van der Waals surface area (Å²) in [5, 5.41) is 0.918. The standard InChI is InChI=1S/C19H21N5O3S/c1-20-28(26,27)16-6-4-15(5-7-16)23-9-11-24(12-10-23)19(25)17-13-14-3-2-8-21-18(14)22-17/h2-8,13,20H,9-12H2,1H3,(H,21,22). The number of piperazine rings is 1. The van der Waals surface area contributed by atoms with Gasteiger partial charge in [0.1, 0.15) is 11.3 Å². The predicted molar refractivity (Wildman–Crippen MR) is 107 cm³/mol. The lowest BCUT2D eigenvalue weighted by molar-refractivity contribution is 0.0742. The summed E-state index contributed by atoms with van der Waals surface area (Å²) in [5.74, 6) is -0.0342. The van der Waals surface area contributed by atoms with Gasteiger partial charge in [-0.15, -0.1) is 0 Å². The number of nitrogens with one attached hydrogen (secondary N) is 2. The molecule has 4 rings (SSSR count). The van der Waals surface area contributed by atoms with E-state index in [0.717, 1.165) is 11.1 Å². The lowest BCUT2D eigenvalue weighted by Crippen LogP contribution is -2.48. The Labute approximate surface area is 163 Å². The van der Waals surface area contributed by atoms with E-state index in [1.54, 1.807) is 30.5 Å². The Morgan fingerprint density at radius 3 is 2.46 bits per heavy atom. The summed E-state index contributed by atoms with van der Waals surface area (Å²) in [6.07, 6.45) is 1.69. The number of pyridine rings is 1. The van der Waals surface area contributed by atoms with Crippen LogP contribution in [-0.4, -0.2) is 62.4 Å². The number of nitrogens with zero attached hydrogens (tertiary/aromatic N) is 3. The van der Waals surface area contributed by atoms with Crippen LogP contribution in [0.5, 0.6) is 0 Å². The molecular weight excluding hydrogens is 378 g/mol. The third kappa shape index (κ3) is 3.46. The fourth-order valence-electron chi connectivity index (χ4n) is 3.37. The van der Waals surface area contributed by atoms with E-state index in [9.17, 15) is 13.2 Å². The van der Waals surface area contributed by atoms with Gasteiger partial charge in [-0.2, -0.15) is 0 Å². The summed E-state index contributed by atoms with van der Waals surface area (Å²) < 4.78 is 26.0. The minimum atomic E-state index is -3.44. The minimum absolute atomic E-state index is 0.0342. The average Bonchev–Trinajstić information content (AvgIpc) is 3.18. The highest BCUT2D eigenvalue weighted by atomic mass is 32.2. The van der Waals surface area contributed by atoms with Crippen molar-refractivity contribution in [1.82, 2.24) is 19.6 Å². The Bertz CT molecular complexity index is 1070. The fourth-order valence-corrected chi connectivity index (χ4v) is 4.10. The quantitative estimate of drug-likeness (QED) is 0.692. The zero-order valence-corrected chi connectivity index (χ0v) is 16.2. The lowest BCUT2D eigenvalue weighted by Gasteiger charge is -2.36. The van der Waals surface area contributed by atoms with E-state index in [0.29, 0.717) is 37.5 Å². The summed E-state index contributed by atoms with van der Waals surface area (Å²) in [5.41, 5.74) is 2.20. The van der Waals surface area contributed by atoms with Gasteiger partial charge in [0.05, 0.1) is 4.90 Å². The Balaban J connectivity index is 1.42. The molecule has 1 aromatic carbocycles. The van der Waals surface area contributed by atoms with E-state index < -0.39 is 10.0 Å². The van der Waals surface area contributed by atoms with E-state index in [2.05, 4.69) is 19.6 Å². The molecule has 0 spiro atoms. The molecule has 28 heavy (non-hydrogen) atoms. The SMILES string of the molecule is CNS(=O)(=O)c1ccc(N2CCN(C(=O)c3cc4cccnc4[nH]3)CC2)cc1. The van der Waals surface area contributed by atoms with Gasteiger partial charge in [-0.05, 0) is 49.5 Å².